The van der Waals surface area contributed by atoms with Gasteiger partial charge in [-0.25, -0.2) is 9.18 Å². The topological polar surface area (TPSA) is 37.3 Å². The number of carbonyl (C=O) groups is 1. The van der Waals surface area contributed by atoms with Gasteiger partial charge in [-0.15, -0.1) is 11.3 Å². The maximum atomic E-state index is 13.4. The molecule has 1 aromatic carbocycles. The predicted octanol–water partition coefficient (Wildman–Crippen LogP) is 4.27. The van der Waals surface area contributed by atoms with Crippen molar-refractivity contribution >= 4 is 17.3 Å². The zero-order valence-electron chi connectivity index (χ0n) is 9.16. The number of rotatable bonds is 2. The Morgan fingerprint density at radius 3 is 2.37 bits per heavy atom. The molecule has 0 fully saturated rings. The van der Waals surface area contributed by atoms with Crippen molar-refractivity contribution in [3.63, 3.8) is 0 Å². The van der Waals surface area contributed by atoms with Crippen LogP contribution in [0.2, 0.25) is 0 Å². The van der Waals surface area contributed by atoms with E-state index < -0.39 is 23.5 Å². The lowest BCUT2D eigenvalue weighted by Crippen LogP contribution is -2.07. The Morgan fingerprint density at radius 2 is 1.89 bits per heavy atom. The van der Waals surface area contributed by atoms with Crippen molar-refractivity contribution in [1.82, 2.24) is 0 Å². The highest BCUT2D eigenvalue weighted by atomic mass is 32.1. The summed E-state index contributed by atoms with van der Waals surface area (Å²) in [7, 11) is 0. The minimum absolute atomic E-state index is 0.0142. The highest BCUT2D eigenvalue weighted by molar-refractivity contribution is 7.13. The van der Waals surface area contributed by atoms with E-state index in [0.29, 0.717) is 10.9 Å². The average molecular weight is 290 g/mol. The second kappa shape index (κ2) is 4.65. The third-order valence-electron chi connectivity index (χ3n) is 2.41. The van der Waals surface area contributed by atoms with Crippen LogP contribution in [0.1, 0.15) is 15.9 Å². The number of carboxylic acids is 1. The third kappa shape index (κ3) is 2.76. The molecule has 0 unspecified atom stereocenters. The van der Waals surface area contributed by atoms with Crippen molar-refractivity contribution in [3.8, 4) is 10.4 Å². The van der Waals surface area contributed by atoms with Crippen molar-refractivity contribution in [1.29, 1.82) is 0 Å². The fourth-order valence-electron chi connectivity index (χ4n) is 1.50. The minimum Gasteiger partial charge on any atom is -0.478 e. The number of benzene rings is 1. The van der Waals surface area contributed by atoms with Crippen LogP contribution in [0, 0.1) is 5.82 Å². The van der Waals surface area contributed by atoms with Crippen molar-refractivity contribution in [2.45, 2.75) is 6.18 Å². The molecule has 0 saturated carbocycles. The number of aromatic carboxylic acids is 1. The van der Waals surface area contributed by atoms with Gasteiger partial charge in [-0.05, 0) is 23.8 Å². The molecule has 7 heteroatoms. The summed E-state index contributed by atoms with van der Waals surface area (Å²) in [6, 6.07) is 3.80. The molecule has 2 aromatic rings. The van der Waals surface area contributed by atoms with E-state index in [0.717, 1.165) is 23.5 Å². The first-order chi connectivity index (χ1) is 8.79. The maximum Gasteiger partial charge on any atom is 0.419 e. The van der Waals surface area contributed by atoms with Gasteiger partial charge < -0.3 is 5.11 Å². The van der Waals surface area contributed by atoms with Gasteiger partial charge in [0.15, 0.2) is 0 Å². The smallest absolute Gasteiger partial charge is 0.419 e. The van der Waals surface area contributed by atoms with Crippen LogP contribution < -0.4 is 0 Å². The first-order valence-electron chi connectivity index (χ1n) is 4.98. The maximum absolute atomic E-state index is 13.4. The van der Waals surface area contributed by atoms with Gasteiger partial charge in [0.1, 0.15) is 5.82 Å². The van der Waals surface area contributed by atoms with Crippen LogP contribution in [0.3, 0.4) is 0 Å². The largest absolute Gasteiger partial charge is 0.478 e. The first-order valence-corrected chi connectivity index (χ1v) is 5.86. The highest BCUT2D eigenvalue weighted by Gasteiger charge is 2.34. The van der Waals surface area contributed by atoms with E-state index in [1.807, 2.05) is 0 Å². The fourth-order valence-corrected chi connectivity index (χ4v) is 2.38. The number of thiophene rings is 1. The SMILES string of the molecule is O=C(O)c1csc(-c2ccc(C(F)(F)F)c(F)c2)c1. The summed E-state index contributed by atoms with van der Waals surface area (Å²) >= 11 is 1.02. The summed E-state index contributed by atoms with van der Waals surface area (Å²) in [4.78, 5) is 11.1. The summed E-state index contributed by atoms with van der Waals surface area (Å²) in [6.45, 7) is 0. The average Bonchev–Trinajstić information content (AvgIpc) is 2.76. The number of hydrogen-bond acceptors (Lipinski definition) is 2. The van der Waals surface area contributed by atoms with Crippen molar-refractivity contribution in [2.75, 3.05) is 0 Å². The summed E-state index contributed by atoms with van der Waals surface area (Å²) in [5, 5.41) is 10.1. The van der Waals surface area contributed by atoms with E-state index in [1.165, 1.54) is 11.4 Å². The number of halogens is 4. The quantitative estimate of drug-likeness (QED) is 0.839. The number of alkyl halides is 3. The molecule has 2 rings (SSSR count). The molecular weight excluding hydrogens is 284 g/mol. The minimum atomic E-state index is -4.75. The Balaban J connectivity index is 2.41. The molecule has 2 nitrogen and oxygen atoms in total. The molecular formula is C12H6F4O2S. The first kappa shape index (κ1) is 13.5. The Labute approximate surface area is 108 Å². The molecule has 0 amide bonds. The summed E-state index contributed by atoms with van der Waals surface area (Å²) in [6.07, 6.45) is -4.75. The molecule has 0 bridgehead atoms. The van der Waals surface area contributed by atoms with Gasteiger partial charge in [-0.3, -0.25) is 0 Å². The molecule has 1 aromatic heterocycles. The molecule has 0 aliphatic heterocycles. The van der Waals surface area contributed by atoms with Crippen LogP contribution in [0.15, 0.2) is 29.6 Å². The van der Waals surface area contributed by atoms with Crippen LogP contribution in [0.4, 0.5) is 17.6 Å². The van der Waals surface area contributed by atoms with E-state index in [9.17, 15) is 22.4 Å². The van der Waals surface area contributed by atoms with Crippen LogP contribution >= 0.6 is 11.3 Å². The zero-order chi connectivity index (χ0) is 14.2. The van der Waals surface area contributed by atoms with Gasteiger partial charge >= 0.3 is 12.1 Å². The molecule has 0 aliphatic rings. The number of hydrogen-bond donors (Lipinski definition) is 1. The normalized spacial score (nSPS) is 11.6. The highest BCUT2D eigenvalue weighted by Crippen LogP contribution is 2.34. The van der Waals surface area contributed by atoms with Gasteiger partial charge in [0.05, 0.1) is 11.1 Å². The molecule has 0 atom stereocenters. The van der Waals surface area contributed by atoms with E-state index in [2.05, 4.69) is 0 Å². The standard InChI is InChI=1S/C12H6F4O2S/c13-9-3-6(1-2-8(9)12(14,15)16)10-4-7(5-19-10)11(17)18/h1-5H,(H,17,18). The predicted molar refractivity (Wildman–Crippen MR) is 61.7 cm³/mol. The lowest BCUT2D eigenvalue weighted by Gasteiger charge is -2.08. The van der Waals surface area contributed by atoms with Gasteiger partial charge in [-0.1, -0.05) is 6.07 Å². The van der Waals surface area contributed by atoms with E-state index in [-0.39, 0.29) is 11.1 Å². The Morgan fingerprint density at radius 1 is 1.21 bits per heavy atom. The molecule has 0 spiro atoms. The fraction of sp³-hybridized carbons (Fsp3) is 0.0833. The van der Waals surface area contributed by atoms with E-state index in [4.69, 9.17) is 5.11 Å². The lowest BCUT2D eigenvalue weighted by molar-refractivity contribution is -0.139. The second-order valence-corrected chi connectivity index (χ2v) is 4.61. The van der Waals surface area contributed by atoms with Crippen LogP contribution in [0.25, 0.3) is 10.4 Å². The Hall–Kier alpha value is -1.89. The second-order valence-electron chi connectivity index (χ2n) is 3.70. The molecule has 1 N–H and O–H groups in total. The van der Waals surface area contributed by atoms with Crippen molar-refractivity contribution in [3.05, 3.63) is 46.6 Å². The Bertz CT molecular complexity index is 631. The summed E-state index contributed by atoms with van der Waals surface area (Å²) < 4.78 is 50.5. The monoisotopic (exact) mass is 290 g/mol. The van der Waals surface area contributed by atoms with E-state index >= 15 is 0 Å². The van der Waals surface area contributed by atoms with Gasteiger partial charge in [0.2, 0.25) is 0 Å². The molecule has 1 heterocycles. The van der Waals surface area contributed by atoms with Gasteiger partial charge in [-0.2, -0.15) is 13.2 Å². The zero-order valence-corrected chi connectivity index (χ0v) is 9.98. The molecule has 0 radical (unpaired) electrons. The molecule has 0 aliphatic carbocycles. The lowest BCUT2D eigenvalue weighted by atomic mass is 10.1. The van der Waals surface area contributed by atoms with Gasteiger partial charge in [0.25, 0.3) is 0 Å². The van der Waals surface area contributed by atoms with Crippen LogP contribution in [-0.2, 0) is 6.18 Å². The van der Waals surface area contributed by atoms with Crippen molar-refractivity contribution < 1.29 is 27.5 Å². The molecule has 19 heavy (non-hydrogen) atoms. The summed E-state index contributed by atoms with van der Waals surface area (Å²) in [5.41, 5.74) is -1.12. The molecule has 100 valence electrons. The Kier molecular flexibility index (Phi) is 3.32. The van der Waals surface area contributed by atoms with Crippen LogP contribution in [-0.4, -0.2) is 11.1 Å². The summed E-state index contributed by atoms with van der Waals surface area (Å²) in [5.74, 6) is -2.52. The van der Waals surface area contributed by atoms with Crippen LogP contribution in [0.5, 0.6) is 0 Å². The third-order valence-corrected chi connectivity index (χ3v) is 3.38. The molecule has 0 saturated heterocycles. The number of carboxylic acid groups (broad SMARTS) is 1. The van der Waals surface area contributed by atoms with Gasteiger partial charge in [0, 0.05) is 10.3 Å². The van der Waals surface area contributed by atoms with Crippen molar-refractivity contribution in [2.24, 2.45) is 0 Å². The van der Waals surface area contributed by atoms with E-state index in [1.54, 1.807) is 0 Å².